The van der Waals surface area contributed by atoms with Crippen LogP contribution in [0, 0.1) is 0 Å². The van der Waals surface area contributed by atoms with Gasteiger partial charge in [0.15, 0.2) is 0 Å². The van der Waals surface area contributed by atoms with Crippen LogP contribution in [0.4, 0.5) is 5.95 Å². The molecule has 0 unspecified atom stereocenters. The van der Waals surface area contributed by atoms with Crippen molar-refractivity contribution in [3.63, 3.8) is 0 Å². The van der Waals surface area contributed by atoms with Gasteiger partial charge in [0.1, 0.15) is 0 Å². The van der Waals surface area contributed by atoms with Crippen LogP contribution in [0.25, 0.3) is 0 Å². The summed E-state index contributed by atoms with van der Waals surface area (Å²) >= 11 is 0. The molecule has 0 aliphatic carbocycles. The minimum Gasteiger partial charge on any atom is -0.338 e. The molecule has 0 bridgehead atoms. The number of nitrogens with one attached hydrogen (secondary N) is 1. The minimum atomic E-state index is 0.111. The standard InChI is InChI=1S/C16H29N5/c1-15(2,3)19-11-13-9-17-14(18-10-13)21-8-7-20(6)16(4,5)12-21/h9-10,19H,7-8,11-12H2,1-6H3. The molecule has 5 nitrogen and oxygen atoms in total. The minimum absolute atomic E-state index is 0.111. The molecule has 2 heterocycles. The Morgan fingerprint density at radius 3 is 2.33 bits per heavy atom. The number of likely N-dealkylation sites (N-methyl/N-ethyl adjacent to an activating group) is 1. The molecule has 1 aromatic heterocycles. The van der Waals surface area contributed by atoms with E-state index in [0.29, 0.717) is 0 Å². The largest absolute Gasteiger partial charge is 0.338 e. The zero-order valence-electron chi connectivity index (χ0n) is 14.3. The number of nitrogens with zero attached hydrogens (tertiary/aromatic N) is 4. The van der Waals surface area contributed by atoms with Gasteiger partial charge in [-0.25, -0.2) is 9.97 Å². The average Bonchev–Trinajstić information content (AvgIpc) is 2.39. The SMILES string of the molecule is CN1CCN(c2ncc(CNC(C)(C)C)cn2)CC1(C)C. The van der Waals surface area contributed by atoms with Crippen LogP contribution in [-0.2, 0) is 6.54 Å². The van der Waals surface area contributed by atoms with Crippen molar-refractivity contribution in [2.75, 3.05) is 31.6 Å². The Morgan fingerprint density at radius 2 is 1.81 bits per heavy atom. The van der Waals surface area contributed by atoms with Crippen molar-refractivity contribution < 1.29 is 0 Å². The molecule has 0 spiro atoms. The van der Waals surface area contributed by atoms with Gasteiger partial charge in [0.05, 0.1) is 0 Å². The summed E-state index contributed by atoms with van der Waals surface area (Å²) in [5, 5.41) is 3.46. The molecule has 0 aromatic carbocycles. The third kappa shape index (κ3) is 4.38. The van der Waals surface area contributed by atoms with Gasteiger partial charge < -0.3 is 10.2 Å². The number of hydrogen-bond acceptors (Lipinski definition) is 5. The summed E-state index contributed by atoms with van der Waals surface area (Å²) in [5.41, 5.74) is 1.40. The molecule has 0 amide bonds. The predicted molar refractivity (Wildman–Crippen MR) is 87.5 cm³/mol. The second kappa shape index (κ2) is 5.89. The molecule has 1 aromatic rings. The molecule has 0 radical (unpaired) electrons. The Hall–Kier alpha value is -1.20. The van der Waals surface area contributed by atoms with Crippen molar-refractivity contribution in [2.45, 2.75) is 52.2 Å². The summed E-state index contributed by atoms with van der Waals surface area (Å²) < 4.78 is 0. The van der Waals surface area contributed by atoms with Crippen LogP contribution in [0.2, 0.25) is 0 Å². The molecular weight excluding hydrogens is 262 g/mol. The highest BCUT2D eigenvalue weighted by molar-refractivity contribution is 5.32. The third-order valence-electron chi connectivity index (χ3n) is 4.11. The molecule has 0 atom stereocenters. The normalized spacial score (nSPS) is 19.8. The van der Waals surface area contributed by atoms with Crippen molar-refractivity contribution in [3.05, 3.63) is 18.0 Å². The second-order valence-electron chi connectivity index (χ2n) is 7.65. The van der Waals surface area contributed by atoms with Crippen molar-refractivity contribution >= 4 is 5.95 Å². The molecule has 1 aliphatic rings. The highest BCUT2D eigenvalue weighted by atomic mass is 15.3. The maximum absolute atomic E-state index is 4.55. The van der Waals surface area contributed by atoms with Crippen LogP contribution in [0.1, 0.15) is 40.2 Å². The lowest BCUT2D eigenvalue weighted by Crippen LogP contribution is -2.58. The lowest BCUT2D eigenvalue weighted by atomic mass is 10.0. The van der Waals surface area contributed by atoms with Gasteiger partial charge in [-0.3, -0.25) is 4.90 Å². The second-order valence-corrected chi connectivity index (χ2v) is 7.65. The maximum atomic E-state index is 4.55. The Bertz CT molecular complexity index is 461. The summed E-state index contributed by atoms with van der Waals surface area (Å²) in [6, 6.07) is 0. The van der Waals surface area contributed by atoms with Gasteiger partial charge >= 0.3 is 0 Å². The van der Waals surface area contributed by atoms with Crippen LogP contribution in [0.5, 0.6) is 0 Å². The summed E-state index contributed by atoms with van der Waals surface area (Å²) in [5.74, 6) is 0.843. The van der Waals surface area contributed by atoms with Crippen LogP contribution in [0.3, 0.4) is 0 Å². The quantitative estimate of drug-likeness (QED) is 0.921. The fourth-order valence-electron chi connectivity index (χ4n) is 2.38. The number of aromatic nitrogens is 2. The van der Waals surface area contributed by atoms with Gasteiger partial charge in [-0.1, -0.05) is 0 Å². The highest BCUT2D eigenvalue weighted by Gasteiger charge is 2.31. The van der Waals surface area contributed by atoms with E-state index in [9.17, 15) is 0 Å². The zero-order valence-corrected chi connectivity index (χ0v) is 14.3. The monoisotopic (exact) mass is 291 g/mol. The summed E-state index contributed by atoms with van der Waals surface area (Å²) in [7, 11) is 2.18. The molecule has 118 valence electrons. The van der Waals surface area contributed by atoms with E-state index in [0.717, 1.165) is 37.7 Å². The van der Waals surface area contributed by atoms with Crippen LogP contribution < -0.4 is 10.2 Å². The molecule has 21 heavy (non-hydrogen) atoms. The van der Waals surface area contributed by atoms with Crippen molar-refractivity contribution in [3.8, 4) is 0 Å². The van der Waals surface area contributed by atoms with Crippen molar-refractivity contribution in [1.29, 1.82) is 0 Å². The molecule has 0 saturated carbocycles. The number of anilines is 1. The molecule has 5 heteroatoms. The first-order valence-electron chi connectivity index (χ1n) is 7.69. The average molecular weight is 291 g/mol. The fourth-order valence-corrected chi connectivity index (χ4v) is 2.38. The van der Waals surface area contributed by atoms with E-state index in [1.54, 1.807) is 0 Å². The van der Waals surface area contributed by atoms with E-state index >= 15 is 0 Å². The molecule has 1 N–H and O–H groups in total. The van der Waals surface area contributed by atoms with Gasteiger partial charge in [0.25, 0.3) is 0 Å². The molecule has 2 rings (SSSR count). The summed E-state index contributed by atoms with van der Waals surface area (Å²) in [4.78, 5) is 13.8. The third-order valence-corrected chi connectivity index (χ3v) is 4.11. The smallest absolute Gasteiger partial charge is 0.225 e. The zero-order chi connectivity index (χ0) is 15.7. The van der Waals surface area contributed by atoms with E-state index in [-0.39, 0.29) is 11.1 Å². The van der Waals surface area contributed by atoms with Gasteiger partial charge in [-0.15, -0.1) is 0 Å². The van der Waals surface area contributed by atoms with Crippen LogP contribution >= 0.6 is 0 Å². The molecule has 1 aliphatic heterocycles. The first kappa shape index (κ1) is 16.2. The number of rotatable bonds is 3. The van der Waals surface area contributed by atoms with Gasteiger partial charge in [-0.2, -0.15) is 0 Å². The van der Waals surface area contributed by atoms with E-state index < -0.39 is 0 Å². The van der Waals surface area contributed by atoms with Crippen LogP contribution in [-0.4, -0.2) is 52.6 Å². The lowest BCUT2D eigenvalue weighted by molar-refractivity contribution is 0.138. The fraction of sp³-hybridized carbons (Fsp3) is 0.750. The van der Waals surface area contributed by atoms with E-state index in [4.69, 9.17) is 0 Å². The predicted octanol–water partition coefficient (Wildman–Crippen LogP) is 1.90. The highest BCUT2D eigenvalue weighted by Crippen LogP contribution is 2.21. The number of piperazine rings is 1. The summed E-state index contributed by atoms with van der Waals surface area (Å²) in [6.45, 7) is 14.8. The lowest BCUT2D eigenvalue weighted by Gasteiger charge is -2.45. The van der Waals surface area contributed by atoms with E-state index in [2.05, 4.69) is 66.8 Å². The van der Waals surface area contributed by atoms with Crippen molar-refractivity contribution in [1.82, 2.24) is 20.2 Å². The van der Waals surface area contributed by atoms with Gasteiger partial charge in [-0.05, 0) is 41.7 Å². The molecular formula is C16H29N5. The van der Waals surface area contributed by atoms with Gasteiger partial charge in [0.2, 0.25) is 5.95 Å². The molecule has 1 saturated heterocycles. The van der Waals surface area contributed by atoms with Crippen molar-refractivity contribution in [2.24, 2.45) is 0 Å². The number of hydrogen-bond donors (Lipinski definition) is 1. The topological polar surface area (TPSA) is 44.3 Å². The maximum Gasteiger partial charge on any atom is 0.225 e. The van der Waals surface area contributed by atoms with Crippen LogP contribution in [0.15, 0.2) is 12.4 Å². The Balaban J connectivity index is 1.99. The summed E-state index contributed by atoms with van der Waals surface area (Å²) in [6.07, 6.45) is 3.87. The Labute approximate surface area is 128 Å². The van der Waals surface area contributed by atoms with E-state index in [1.807, 2.05) is 12.4 Å². The van der Waals surface area contributed by atoms with E-state index in [1.165, 1.54) is 0 Å². The molecule has 1 fully saturated rings. The van der Waals surface area contributed by atoms with Gasteiger partial charge in [0, 0.05) is 55.2 Å². The first-order chi connectivity index (χ1) is 9.67. The Kier molecular flexibility index (Phi) is 4.54. The first-order valence-corrected chi connectivity index (χ1v) is 7.69. The Morgan fingerprint density at radius 1 is 1.19 bits per heavy atom.